The summed E-state index contributed by atoms with van der Waals surface area (Å²) in [7, 11) is 0. The van der Waals surface area contributed by atoms with Gasteiger partial charge in [0.2, 0.25) is 0 Å². The number of rotatable bonds is 2. The van der Waals surface area contributed by atoms with E-state index in [1.807, 2.05) is 6.08 Å². The van der Waals surface area contributed by atoms with Gasteiger partial charge in [0.25, 0.3) is 0 Å². The van der Waals surface area contributed by atoms with E-state index in [2.05, 4.69) is 16.0 Å². The van der Waals surface area contributed by atoms with Crippen molar-refractivity contribution in [3.8, 4) is 0 Å². The zero-order valence-corrected chi connectivity index (χ0v) is 11.0. The van der Waals surface area contributed by atoms with E-state index < -0.39 is 0 Å². The van der Waals surface area contributed by atoms with Gasteiger partial charge >= 0.3 is 5.97 Å². The average molecular weight is 277 g/mol. The molecule has 0 fully saturated rings. The molecule has 1 unspecified atom stereocenters. The van der Waals surface area contributed by atoms with Crippen LogP contribution >= 0.6 is 11.6 Å². The fourth-order valence-corrected chi connectivity index (χ4v) is 2.36. The molecule has 0 aliphatic heterocycles. The number of pyridine rings is 1. The topological polar surface area (TPSA) is 55.0 Å². The highest BCUT2D eigenvalue weighted by molar-refractivity contribution is 6.30. The lowest BCUT2D eigenvalue weighted by Crippen LogP contribution is -2.18. The molecule has 2 heterocycles. The third kappa shape index (κ3) is 2.63. The fraction of sp³-hybridized carbons (Fsp3) is 0.286. The number of fused-ring (bicyclic) bond motifs is 1. The lowest BCUT2D eigenvalue weighted by atomic mass is 10.1. The second-order valence-electron chi connectivity index (χ2n) is 4.58. The lowest BCUT2D eigenvalue weighted by Gasteiger charge is -2.16. The molecular weight excluding hydrogens is 264 g/mol. The Morgan fingerprint density at radius 3 is 3.16 bits per heavy atom. The second kappa shape index (κ2) is 5.05. The first-order valence-corrected chi connectivity index (χ1v) is 6.62. The predicted molar refractivity (Wildman–Crippen MR) is 73.3 cm³/mol. The van der Waals surface area contributed by atoms with Crippen molar-refractivity contribution in [2.24, 2.45) is 0 Å². The first-order valence-electron chi connectivity index (χ1n) is 6.24. The zero-order chi connectivity index (χ0) is 13.2. The summed E-state index contributed by atoms with van der Waals surface area (Å²) in [6.07, 6.45) is 8.49. The van der Waals surface area contributed by atoms with Crippen LogP contribution in [0.15, 0.2) is 30.5 Å². The Labute approximate surface area is 115 Å². The van der Waals surface area contributed by atoms with Crippen molar-refractivity contribution in [1.82, 2.24) is 9.97 Å². The van der Waals surface area contributed by atoms with Crippen molar-refractivity contribution in [1.29, 1.82) is 0 Å². The highest BCUT2D eigenvalue weighted by Crippen LogP contribution is 2.20. The number of hydrogen-bond acceptors (Lipinski definition) is 3. The van der Waals surface area contributed by atoms with Crippen LogP contribution in [0.3, 0.4) is 0 Å². The van der Waals surface area contributed by atoms with E-state index in [1.165, 1.54) is 0 Å². The number of ether oxygens (including phenoxy) is 1. The van der Waals surface area contributed by atoms with E-state index in [4.69, 9.17) is 16.3 Å². The molecule has 0 bridgehead atoms. The molecular formula is C14H13ClN2O2. The molecule has 1 atom stereocenters. The van der Waals surface area contributed by atoms with Crippen LogP contribution in [0, 0.1) is 0 Å². The van der Waals surface area contributed by atoms with Crippen molar-refractivity contribution >= 4 is 28.5 Å². The van der Waals surface area contributed by atoms with Crippen LogP contribution in [0.5, 0.6) is 0 Å². The molecule has 0 spiro atoms. The largest absolute Gasteiger partial charge is 0.453 e. The van der Waals surface area contributed by atoms with Gasteiger partial charge in [-0.25, -0.2) is 9.78 Å². The van der Waals surface area contributed by atoms with Crippen LogP contribution in [0.4, 0.5) is 0 Å². The third-order valence-corrected chi connectivity index (χ3v) is 3.37. The van der Waals surface area contributed by atoms with Gasteiger partial charge in [0.1, 0.15) is 17.0 Å². The summed E-state index contributed by atoms with van der Waals surface area (Å²) in [5, 5.41) is 1.26. The van der Waals surface area contributed by atoms with E-state index in [1.54, 1.807) is 18.3 Å². The average Bonchev–Trinajstić information content (AvgIpc) is 2.83. The third-order valence-electron chi connectivity index (χ3n) is 3.16. The number of nitrogens with one attached hydrogen (secondary N) is 1. The van der Waals surface area contributed by atoms with Gasteiger partial charge in [0.05, 0.1) is 11.7 Å². The minimum atomic E-state index is -0.344. The Balaban J connectivity index is 1.81. The van der Waals surface area contributed by atoms with Gasteiger partial charge in [-0.15, -0.1) is 0 Å². The van der Waals surface area contributed by atoms with Crippen LogP contribution in [0.25, 0.3) is 10.9 Å². The Bertz CT molecular complexity index is 648. The number of carbonyl (C=O) groups excluding carboxylic acids is 1. The standard InChI is InChI=1S/C14H13ClN2O2/c15-13-7-9-6-11(17-12(9)8-16-13)14(18)19-10-4-2-1-3-5-10/h2,4,6-8,10,17H,1,3,5H2. The molecule has 4 nitrogen and oxygen atoms in total. The van der Waals surface area contributed by atoms with Gasteiger partial charge in [-0.3, -0.25) is 0 Å². The van der Waals surface area contributed by atoms with Crippen molar-refractivity contribution in [3.63, 3.8) is 0 Å². The summed E-state index contributed by atoms with van der Waals surface area (Å²) >= 11 is 5.81. The molecule has 1 aliphatic carbocycles. The molecule has 0 amide bonds. The van der Waals surface area contributed by atoms with Gasteiger partial charge in [-0.2, -0.15) is 0 Å². The molecule has 5 heteroatoms. The summed E-state index contributed by atoms with van der Waals surface area (Å²) in [4.78, 5) is 19.0. The number of nitrogens with zero attached hydrogens (tertiary/aromatic N) is 1. The molecule has 98 valence electrons. The number of esters is 1. The van der Waals surface area contributed by atoms with Crippen molar-refractivity contribution in [2.75, 3.05) is 0 Å². The number of H-pyrrole nitrogens is 1. The number of aromatic amines is 1. The summed E-state index contributed by atoms with van der Waals surface area (Å²) in [5.41, 5.74) is 1.20. The quantitative estimate of drug-likeness (QED) is 0.519. The molecule has 0 radical (unpaired) electrons. The maximum atomic E-state index is 12.0. The Morgan fingerprint density at radius 1 is 1.47 bits per heavy atom. The van der Waals surface area contributed by atoms with Crippen LogP contribution in [-0.2, 0) is 4.74 Å². The van der Waals surface area contributed by atoms with Gasteiger partial charge in [-0.05, 0) is 37.5 Å². The fourth-order valence-electron chi connectivity index (χ4n) is 2.19. The predicted octanol–water partition coefficient (Wildman–Crippen LogP) is 3.48. The first kappa shape index (κ1) is 12.2. The monoisotopic (exact) mass is 276 g/mol. The first-order chi connectivity index (χ1) is 9.22. The van der Waals surface area contributed by atoms with E-state index >= 15 is 0 Å². The summed E-state index contributed by atoms with van der Waals surface area (Å²) < 4.78 is 5.43. The molecule has 2 aromatic rings. The second-order valence-corrected chi connectivity index (χ2v) is 4.97. The van der Waals surface area contributed by atoms with Crippen molar-refractivity contribution in [2.45, 2.75) is 25.4 Å². The van der Waals surface area contributed by atoms with E-state index in [0.717, 1.165) is 30.2 Å². The molecule has 0 saturated carbocycles. The highest BCUT2D eigenvalue weighted by Gasteiger charge is 2.17. The van der Waals surface area contributed by atoms with Crippen LogP contribution in [-0.4, -0.2) is 22.0 Å². The summed E-state index contributed by atoms with van der Waals surface area (Å²) in [5.74, 6) is -0.344. The summed E-state index contributed by atoms with van der Waals surface area (Å²) in [6, 6.07) is 3.45. The Kier molecular flexibility index (Phi) is 3.25. The Hall–Kier alpha value is -1.81. The molecule has 2 aromatic heterocycles. The number of halogens is 1. The van der Waals surface area contributed by atoms with Crippen LogP contribution in [0.2, 0.25) is 5.15 Å². The summed E-state index contributed by atoms with van der Waals surface area (Å²) in [6.45, 7) is 0. The molecule has 0 aromatic carbocycles. The van der Waals surface area contributed by atoms with Gasteiger partial charge in [0, 0.05) is 5.39 Å². The van der Waals surface area contributed by atoms with Gasteiger partial charge in [-0.1, -0.05) is 17.7 Å². The van der Waals surface area contributed by atoms with E-state index in [9.17, 15) is 4.79 Å². The molecule has 19 heavy (non-hydrogen) atoms. The lowest BCUT2D eigenvalue weighted by molar-refractivity contribution is 0.0364. The SMILES string of the molecule is O=C(OC1C=CCCC1)c1cc2cc(Cl)ncc2[nH]1. The van der Waals surface area contributed by atoms with Gasteiger partial charge in [0.15, 0.2) is 0 Å². The van der Waals surface area contributed by atoms with Gasteiger partial charge < -0.3 is 9.72 Å². The maximum absolute atomic E-state index is 12.0. The Morgan fingerprint density at radius 2 is 2.37 bits per heavy atom. The smallest absolute Gasteiger partial charge is 0.355 e. The van der Waals surface area contributed by atoms with Crippen LogP contribution < -0.4 is 0 Å². The molecule has 3 rings (SSSR count). The number of hydrogen-bond donors (Lipinski definition) is 1. The van der Waals surface area contributed by atoms with Crippen LogP contribution in [0.1, 0.15) is 29.8 Å². The number of allylic oxidation sites excluding steroid dienone is 1. The minimum absolute atomic E-state index is 0.116. The highest BCUT2D eigenvalue weighted by atomic mass is 35.5. The normalized spacial score (nSPS) is 18.7. The van der Waals surface area contributed by atoms with E-state index in [-0.39, 0.29) is 12.1 Å². The molecule has 0 saturated heterocycles. The van der Waals surface area contributed by atoms with Crippen molar-refractivity contribution < 1.29 is 9.53 Å². The van der Waals surface area contributed by atoms with E-state index in [0.29, 0.717) is 10.8 Å². The molecule has 1 N–H and O–H groups in total. The number of aromatic nitrogens is 2. The molecule has 1 aliphatic rings. The zero-order valence-electron chi connectivity index (χ0n) is 10.2. The maximum Gasteiger partial charge on any atom is 0.355 e. The number of carbonyl (C=O) groups is 1. The van der Waals surface area contributed by atoms with Crippen molar-refractivity contribution in [3.05, 3.63) is 41.3 Å². The minimum Gasteiger partial charge on any atom is -0.453 e.